The summed E-state index contributed by atoms with van der Waals surface area (Å²) in [7, 11) is 0. The maximum atomic E-state index is 12.5. The molecule has 1 fully saturated rings. The third-order valence-electron chi connectivity index (χ3n) is 3.62. The van der Waals surface area contributed by atoms with Crippen LogP contribution in [0.15, 0.2) is 18.2 Å². The van der Waals surface area contributed by atoms with Crippen LogP contribution >= 0.6 is 34.5 Å². The molecule has 1 N–H and O–H groups in total. The maximum absolute atomic E-state index is 12.5. The summed E-state index contributed by atoms with van der Waals surface area (Å²) >= 11 is 13.7. The number of amides is 1. The molecule has 0 aliphatic carbocycles. The molecule has 1 amide bonds. The normalized spacial score (nSPS) is 18.9. The summed E-state index contributed by atoms with van der Waals surface area (Å²) < 4.78 is 0.920. The van der Waals surface area contributed by atoms with Gasteiger partial charge in [-0.3, -0.25) is 4.79 Å². The lowest BCUT2D eigenvalue weighted by Crippen LogP contribution is -2.28. The molecule has 2 aromatic rings. The molecule has 1 saturated heterocycles. The van der Waals surface area contributed by atoms with Gasteiger partial charge in [0.05, 0.1) is 5.02 Å². The molecule has 1 aromatic heterocycles. The Morgan fingerprint density at radius 2 is 2.25 bits per heavy atom. The molecule has 1 aliphatic heterocycles. The van der Waals surface area contributed by atoms with E-state index in [9.17, 15) is 4.79 Å². The second-order valence-corrected chi connectivity index (χ2v) is 6.84. The maximum Gasteiger partial charge on any atom is 0.265 e. The van der Waals surface area contributed by atoms with Gasteiger partial charge < -0.3 is 10.0 Å². The molecule has 0 spiro atoms. The highest BCUT2D eigenvalue weighted by Crippen LogP contribution is 2.37. The van der Waals surface area contributed by atoms with E-state index in [-0.39, 0.29) is 18.4 Å². The van der Waals surface area contributed by atoms with E-state index in [4.69, 9.17) is 28.3 Å². The number of hydrogen-bond acceptors (Lipinski definition) is 3. The molecule has 0 bridgehead atoms. The Bertz CT molecular complexity index is 670. The quantitative estimate of drug-likeness (QED) is 0.913. The standard InChI is InChI=1S/C14H13Cl2NO2S/c15-9-1-2-10-11(5-9)20-13(12(10)16)14(19)17-4-3-8(6-17)7-18/h1-2,5,8,18H,3-4,6-7H2. The average Bonchev–Trinajstić information content (AvgIpc) is 3.03. The van der Waals surface area contributed by atoms with Crippen LogP contribution in [0.2, 0.25) is 10.0 Å². The van der Waals surface area contributed by atoms with E-state index >= 15 is 0 Å². The van der Waals surface area contributed by atoms with Gasteiger partial charge in [0.2, 0.25) is 0 Å². The third-order valence-corrected chi connectivity index (χ3v) is 5.50. The Morgan fingerprint density at radius 1 is 1.45 bits per heavy atom. The van der Waals surface area contributed by atoms with Gasteiger partial charge in [0.1, 0.15) is 4.88 Å². The summed E-state index contributed by atoms with van der Waals surface area (Å²) in [5.41, 5.74) is 0. The van der Waals surface area contributed by atoms with Crippen molar-refractivity contribution in [2.24, 2.45) is 5.92 Å². The first-order valence-corrected chi connectivity index (χ1v) is 7.95. The molecule has 6 heteroatoms. The summed E-state index contributed by atoms with van der Waals surface area (Å²) in [6.45, 7) is 1.40. The van der Waals surface area contributed by atoms with Crippen molar-refractivity contribution in [3.05, 3.63) is 33.1 Å². The Labute approximate surface area is 130 Å². The fourth-order valence-electron chi connectivity index (χ4n) is 2.49. The van der Waals surface area contributed by atoms with Gasteiger partial charge in [-0.05, 0) is 18.6 Å². The Balaban J connectivity index is 1.94. The molecule has 0 saturated carbocycles. The van der Waals surface area contributed by atoms with E-state index in [1.807, 2.05) is 12.1 Å². The number of fused-ring (bicyclic) bond motifs is 1. The van der Waals surface area contributed by atoms with Crippen molar-refractivity contribution < 1.29 is 9.90 Å². The van der Waals surface area contributed by atoms with Crippen LogP contribution in [0.25, 0.3) is 10.1 Å². The minimum atomic E-state index is -0.0525. The number of benzene rings is 1. The molecule has 106 valence electrons. The third kappa shape index (κ3) is 2.42. The van der Waals surface area contributed by atoms with Gasteiger partial charge in [0.15, 0.2) is 0 Å². The molecule has 1 atom stereocenters. The van der Waals surface area contributed by atoms with Crippen LogP contribution in [0, 0.1) is 5.92 Å². The zero-order valence-electron chi connectivity index (χ0n) is 10.6. The molecule has 0 radical (unpaired) electrons. The zero-order chi connectivity index (χ0) is 14.3. The second kappa shape index (κ2) is 5.53. The van der Waals surface area contributed by atoms with Gasteiger partial charge in [-0.15, -0.1) is 11.3 Å². The first kappa shape index (κ1) is 14.1. The summed E-state index contributed by atoms with van der Waals surface area (Å²) in [4.78, 5) is 14.8. The predicted molar refractivity (Wildman–Crippen MR) is 82.9 cm³/mol. The van der Waals surface area contributed by atoms with Gasteiger partial charge in [-0.1, -0.05) is 29.3 Å². The summed E-state index contributed by atoms with van der Waals surface area (Å²) in [5.74, 6) is 0.129. The van der Waals surface area contributed by atoms with Crippen molar-refractivity contribution in [3.8, 4) is 0 Å². The number of likely N-dealkylation sites (tertiary alicyclic amines) is 1. The fraction of sp³-hybridized carbons (Fsp3) is 0.357. The van der Waals surface area contributed by atoms with Crippen molar-refractivity contribution in [1.82, 2.24) is 4.90 Å². The zero-order valence-corrected chi connectivity index (χ0v) is 12.9. The minimum absolute atomic E-state index is 0.0525. The van der Waals surface area contributed by atoms with E-state index in [2.05, 4.69) is 0 Å². The van der Waals surface area contributed by atoms with Crippen molar-refractivity contribution >= 4 is 50.5 Å². The second-order valence-electron chi connectivity index (χ2n) is 4.97. The lowest BCUT2D eigenvalue weighted by molar-refractivity contribution is 0.0787. The van der Waals surface area contributed by atoms with Gasteiger partial charge in [-0.2, -0.15) is 0 Å². The largest absolute Gasteiger partial charge is 0.396 e. The monoisotopic (exact) mass is 329 g/mol. The molecule has 1 aromatic carbocycles. The number of carbonyl (C=O) groups is 1. The van der Waals surface area contributed by atoms with Crippen LogP contribution in [0.3, 0.4) is 0 Å². The van der Waals surface area contributed by atoms with E-state index < -0.39 is 0 Å². The Kier molecular flexibility index (Phi) is 3.91. The van der Waals surface area contributed by atoms with Crippen LogP contribution in [0.5, 0.6) is 0 Å². The fourth-order valence-corrected chi connectivity index (χ4v) is 4.24. The highest BCUT2D eigenvalue weighted by molar-refractivity contribution is 7.21. The molecule has 1 aliphatic rings. The molecule has 3 rings (SSSR count). The van der Waals surface area contributed by atoms with Crippen LogP contribution in [0.1, 0.15) is 16.1 Å². The first-order valence-electron chi connectivity index (χ1n) is 6.38. The molecule has 20 heavy (non-hydrogen) atoms. The van der Waals surface area contributed by atoms with Crippen LogP contribution < -0.4 is 0 Å². The summed E-state index contributed by atoms with van der Waals surface area (Å²) in [5, 5.41) is 11.2. The van der Waals surface area contributed by atoms with E-state index in [1.54, 1.807) is 11.0 Å². The Morgan fingerprint density at radius 3 is 2.95 bits per heavy atom. The lowest BCUT2D eigenvalue weighted by atomic mass is 10.1. The van der Waals surface area contributed by atoms with Gasteiger partial charge >= 0.3 is 0 Å². The highest BCUT2D eigenvalue weighted by Gasteiger charge is 2.29. The molecular weight excluding hydrogens is 317 g/mol. The minimum Gasteiger partial charge on any atom is -0.396 e. The number of rotatable bonds is 2. The molecule has 1 unspecified atom stereocenters. The van der Waals surface area contributed by atoms with Gasteiger partial charge in [-0.25, -0.2) is 0 Å². The van der Waals surface area contributed by atoms with Crippen molar-refractivity contribution in [3.63, 3.8) is 0 Å². The van der Waals surface area contributed by atoms with Crippen LogP contribution in [-0.2, 0) is 0 Å². The number of halogens is 2. The summed E-state index contributed by atoms with van der Waals surface area (Å²) in [6.07, 6.45) is 0.844. The molecule has 3 nitrogen and oxygen atoms in total. The SMILES string of the molecule is O=C(c1sc2cc(Cl)ccc2c1Cl)N1CCC(CO)C1. The first-order chi connectivity index (χ1) is 9.60. The number of nitrogens with zero attached hydrogens (tertiary/aromatic N) is 1. The summed E-state index contributed by atoms with van der Waals surface area (Å²) in [6, 6.07) is 5.44. The molecular formula is C14H13Cl2NO2S. The van der Waals surface area contributed by atoms with Gasteiger partial charge in [0.25, 0.3) is 5.91 Å². The topological polar surface area (TPSA) is 40.5 Å². The van der Waals surface area contributed by atoms with Crippen LogP contribution in [-0.4, -0.2) is 35.6 Å². The average molecular weight is 330 g/mol. The van der Waals surface area contributed by atoms with E-state index in [0.29, 0.717) is 28.0 Å². The smallest absolute Gasteiger partial charge is 0.265 e. The van der Waals surface area contributed by atoms with E-state index in [1.165, 1.54) is 11.3 Å². The van der Waals surface area contributed by atoms with Crippen molar-refractivity contribution in [2.45, 2.75) is 6.42 Å². The lowest BCUT2D eigenvalue weighted by Gasteiger charge is -2.15. The predicted octanol–water partition coefficient (Wildman–Crippen LogP) is 3.66. The van der Waals surface area contributed by atoms with Gasteiger partial charge in [0, 0.05) is 40.7 Å². The van der Waals surface area contributed by atoms with Crippen molar-refractivity contribution in [1.29, 1.82) is 0 Å². The van der Waals surface area contributed by atoms with Crippen molar-refractivity contribution in [2.75, 3.05) is 19.7 Å². The number of aliphatic hydroxyl groups excluding tert-OH is 1. The van der Waals surface area contributed by atoms with E-state index in [0.717, 1.165) is 16.5 Å². The number of hydrogen-bond donors (Lipinski definition) is 1. The number of carbonyl (C=O) groups excluding carboxylic acids is 1. The van der Waals surface area contributed by atoms with Crippen LogP contribution in [0.4, 0.5) is 0 Å². The number of thiophene rings is 1. The Hall–Kier alpha value is -0.810. The molecule has 2 heterocycles. The highest BCUT2D eigenvalue weighted by atomic mass is 35.5. The number of aliphatic hydroxyl groups is 1.